The van der Waals surface area contributed by atoms with E-state index in [4.69, 9.17) is 27.7 Å². The summed E-state index contributed by atoms with van der Waals surface area (Å²) in [5.74, 6) is -0.435. The van der Waals surface area contributed by atoms with E-state index < -0.39 is 23.8 Å². The van der Waals surface area contributed by atoms with Gasteiger partial charge in [-0.3, -0.25) is 4.79 Å². The highest BCUT2D eigenvalue weighted by Gasteiger charge is 2.41. The van der Waals surface area contributed by atoms with Crippen LogP contribution in [-0.2, 0) is 9.53 Å². The van der Waals surface area contributed by atoms with Crippen molar-refractivity contribution in [3.63, 3.8) is 0 Å². The third-order valence-electron chi connectivity index (χ3n) is 2.68. The molecule has 0 spiro atoms. The summed E-state index contributed by atoms with van der Waals surface area (Å²) in [6.07, 6.45) is 0.963. The van der Waals surface area contributed by atoms with E-state index in [2.05, 4.69) is 0 Å². The molecule has 0 radical (unpaired) electrons. The molecule has 0 aromatic heterocycles. The first-order valence-electron chi connectivity index (χ1n) is 5.15. The van der Waals surface area contributed by atoms with Crippen LogP contribution in [-0.4, -0.2) is 29.8 Å². The number of hydrogen-bond donors (Lipinski definition) is 4. The highest BCUT2D eigenvalue weighted by molar-refractivity contribution is 5.75. The Balaban J connectivity index is 2.50. The van der Waals surface area contributed by atoms with E-state index >= 15 is 0 Å². The van der Waals surface area contributed by atoms with Gasteiger partial charge in [-0.1, -0.05) is 6.92 Å². The molecule has 0 aromatic rings. The Labute approximate surface area is 89.3 Å². The predicted molar refractivity (Wildman–Crippen MR) is 56.5 cm³/mol. The van der Waals surface area contributed by atoms with Gasteiger partial charge in [-0.05, 0) is 12.8 Å². The topological polar surface area (TPSA) is 130 Å². The second-order valence-corrected chi connectivity index (χ2v) is 4.30. The first-order chi connectivity index (χ1) is 6.85. The molecule has 8 N–H and O–H groups in total. The summed E-state index contributed by atoms with van der Waals surface area (Å²) >= 11 is 0. The molecule has 1 saturated carbocycles. The van der Waals surface area contributed by atoms with Gasteiger partial charge in [0.15, 0.2) is 0 Å². The molecule has 6 heteroatoms. The largest absolute Gasteiger partial charge is 0.459 e. The molecular weight excluding hydrogens is 196 g/mol. The van der Waals surface area contributed by atoms with E-state index in [1.165, 1.54) is 0 Å². The van der Waals surface area contributed by atoms with Crippen LogP contribution in [0, 0.1) is 0 Å². The number of carbonyl (C=O) groups is 1. The highest BCUT2D eigenvalue weighted by Crippen LogP contribution is 2.25. The lowest BCUT2D eigenvalue weighted by molar-refractivity contribution is -0.151. The van der Waals surface area contributed by atoms with Crippen LogP contribution in [0.3, 0.4) is 0 Å². The first kappa shape index (κ1) is 12.4. The van der Waals surface area contributed by atoms with Crippen LogP contribution in [0.2, 0.25) is 0 Å². The van der Waals surface area contributed by atoms with Crippen molar-refractivity contribution >= 4 is 5.97 Å². The summed E-state index contributed by atoms with van der Waals surface area (Å²) in [5, 5.41) is 0. The van der Waals surface area contributed by atoms with Gasteiger partial charge < -0.3 is 27.7 Å². The minimum Gasteiger partial charge on any atom is -0.459 e. The van der Waals surface area contributed by atoms with Crippen LogP contribution >= 0.6 is 0 Å². The second-order valence-electron chi connectivity index (χ2n) is 4.30. The Bertz CT molecular complexity index is 244. The molecule has 3 unspecified atom stereocenters. The average molecular weight is 216 g/mol. The number of hydrogen-bond acceptors (Lipinski definition) is 6. The van der Waals surface area contributed by atoms with Crippen LogP contribution in [0.1, 0.15) is 26.2 Å². The number of rotatable bonds is 3. The Morgan fingerprint density at radius 3 is 2.53 bits per heavy atom. The molecule has 1 aliphatic carbocycles. The van der Waals surface area contributed by atoms with E-state index in [1.807, 2.05) is 6.92 Å². The van der Waals surface area contributed by atoms with Crippen molar-refractivity contribution in [1.82, 2.24) is 0 Å². The smallest absolute Gasteiger partial charge is 0.323 e. The van der Waals surface area contributed by atoms with Gasteiger partial charge in [0.2, 0.25) is 0 Å². The molecular formula is C9H20N4O2. The molecule has 1 rings (SSSR count). The summed E-state index contributed by atoms with van der Waals surface area (Å²) in [5.41, 5.74) is 21.9. The number of carbonyl (C=O) groups excluding carboxylic acids is 1. The van der Waals surface area contributed by atoms with Gasteiger partial charge in [0.05, 0.1) is 5.66 Å². The van der Waals surface area contributed by atoms with Gasteiger partial charge in [0.25, 0.3) is 0 Å². The molecule has 1 aliphatic rings. The lowest BCUT2D eigenvalue weighted by atomic mass is 10.1. The zero-order valence-corrected chi connectivity index (χ0v) is 8.98. The van der Waals surface area contributed by atoms with E-state index in [1.54, 1.807) is 0 Å². The molecule has 88 valence electrons. The molecule has 0 saturated heterocycles. The predicted octanol–water partition coefficient (Wildman–Crippen LogP) is -1.63. The first-order valence-corrected chi connectivity index (χ1v) is 5.15. The van der Waals surface area contributed by atoms with Crippen molar-refractivity contribution in [2.45, 2.75) is 50.0 Å². The Morgan fingerprint density at radius 2 is 2.13 bits per heavy atom. The van der Waals surface area contributed by atoms with Gasteiger partial charge in [-0.2, -0.15) is 0 Å². The monoisotopic (exact) mass is 216 g/mol. The summed E-state index contributed by atoms with van der Waals surface area (Å²) in [6.45, 7) is 1.82. The molecule has 0 aliphatic heterocycles. The van der Waals surface area contributed by atoms with Crippen LogP contribution < -0.4 is 22.9 Å². The molecule has 3 atom stereocenters. The maximum Gasteiger partial charge on any atom is 0.323 e. The van der Waals surface area contributed by atoms with Crippen LogP contribution in [0.5, 0.6) is 0 Å². The van der Waals surface area contributed by atoms with Gasteiger partial charge in [0.1, 0.15) is 12.1 Å². The van der Waals surface area contributed by atoms with Crippen molar-refractivity contribution in [1.29, 1.82) is 0 Å². The Hall–Kier alpha value is -0.690. The van der Waals surface area contributed by atoms with Crippen LogP contribution in [0.25, 0.3) is 0 Å². The summed E-state index contributed by atoms with van der Waals surface area (Å²) in [4.78, 5) is 11.4. The lowest BCUT2D eigenvalue weighted by Crippen LogP contribution is -2.47. The second kappa shape index (κ2) is 4.44. The third-order valence-corrected chi connectivity index (χ3v) is 2.68. The third kappa shape index (κ3) is 3.13. The minimum absolute atomic E-state index is 0.298. The maximum absolute atomic E-state index is 11.4. The highest BCUT2D eigenvalue weighted by atomic mass is 16.5. The van der Waals surface area contributed by atoms with Crippen LogP contribution in [0.4, 0.5) is 0 Å². The lowest BCUT2D eigenvalue weighted by Gasteiger charge is -2.19. The average Bonchev–Trinajstić information content (AvgIpc) is 2.38. The van der Waals surface area contributed by atoms with Crippen molar-refractivity contribution in [3.05, 3.63) is 0 Å². The van der Waals surface area contributed by atoms with E-state index in [0.717, 1.165) is 0 Å². The molecule has 6 nitrogen and oxygen atoms in total. The molecule has 0 heterocycles. The fraction of sp³-hybridized carbons (Fsp3) is 0.889. The Kier molecular flexibility index (Phi) is 3.67. The minimum atomic E-state index is -0.833. The van der Waals surface area contributed by atoms with Crippen molar-refractivity contribution in [2.75, 3.05) is 0 Å². The molecule has 1 fully saturated rings. The van der Waals surface area contributed by atoms with Gasteiger partial charge in [0, 0.05) is 12.5 Å². The summed E-state index contributed by atoms with van der Waals surface area (Å²) in [6, 6.07) is -0.893. The molecule has 0 amide bonds. The number of esters is 1. The summed E-state index contributed by atoms with van der Waals surface area (Å²) in [7, 11) is 0. The number of nitrogens with two attached hydrogens (primary N) is 4. The zero-order chi connectivity index (χ0) is 11.6. The van der Waals surface area contributed by atoms with Gasteiger partial charge >= 0.3 is 5.97 Å². The number of ether oxygens (including phenoxy) is 1. The van der Waals surface area contributed by atoms with E-state index in [0.29, 0.717) is 19.3 Å². The van der Waals surface area contributed by atoms with Crippen molar-refractivity contribution in [3.8, 4) is 0 Å². The van der Waals surface area contributed by atoms with E-state index in [-0.39, 0.29) is 6.04 Å². The Morgan fingerprint density at radius 1 is 1.53 bits per heavy atom. The fourth-order valence-electron chi connectivity index (χ4n) is 1.71. The fourth-order valence-corrected chi connectivity index (χ4v) is 1.71. The van der Waals surface area contributed by atoms with Crippen LogP contribution in [0.15, 0.2) is 0 Å². The van der Waals surface area contributed by atoms with Crippen molar-refractivity contribution < 1.29 is 9.53 Å². The maximum atomic E-state index is 11.4. The molecule has 15 heavy (non-hydrogen) atoms. The summed E-state index contributed by atoms with van der Waals surface area (Å²) < 4.78 is 5.16. The normalized spacial score (nSPS) is 31.3. The van der Waals surface area contributed by atoms with Gasteiger partial charge in [-0.15, -0.1) is 0 Å². The molecule has 0 aromatic carbocycles. The van der Waals surface area contributed by atoms with Gasteiger partial charge in [-0.25, -0.2) is 0 Å². The molecule has 0 bridgehead atoms. The SMILES string of the molecule is CCC(N)C(=O)OC1CC(N)(N)CC1N. The quantitative estimate of drug-likeness (QED) is 0.331. The van der Waals surface area contributed by atoms with E-state index in [9.17, 15) is 4.79 Å². The zero-order valence-electron chi connectivity index (χ0n) is 8.98. The standard InChI is InChI=1S/C9H20N4O2/c1-2-5(10)8(14)15-7-4-9(12,13)3-6(7)11/h5-7H,2-4,10-13H2,1H3. The van der Waals surface area contributed by atoms with Crippen molar-refractivity contribution in [2.24, 2.45) is 22.9 Å².